The van der Waals surface area contributed by atoms with E-state index in [9.17, 15) is 5.11 Å². The second-order valence-electron chi connectivity index (χ2n) is 13.2. The molecule has 3 aliphatic rings. The molecule has 0 amide bonds. The fourth-order valence-corrected chi connectivity index (χ4v) is 8.11. The van der Waals surface area contributed by atoms with Gasteiger partial charge in [-0.1, -0.05) is 50.5 Å². The van der Waals surface area contributed by atoms with Gasteiger partial charge in [-0.3, -0.25) is 0 Å². The van der Waals surface area contributed by atoms with E-state index >= 15 is 0 Å². The Morgan fingerprint density at radius 2 is 1.59 bits per heavy atom. The quantitative estimate of drug-likeness (QED) is 0.417. The maximum atomic E-state index is 11.3. The van der Waals surface area contributed by atoms with Gasteiger partial charge in [0.25, 0.3) is 0 Å². The third-order valence-corrected chi connectivity index (χ3v) is 9.86. The highest BCUT2D eigenvalue weighted by atomic mass is 16.5. The maximum absolute atomic E-state index is 11.3. The summed E-state index contributed by atoms with van der Waals surface area (Å²) in [5.74, 6) is 1.32. The Morgan fingerprint density at radius 1 is 0.875 bits per heavy atom. The number of fused-ring (bicyclic) bond motifs is 3. The summed E-state index contributed by atoms with van der Waals surface area (Å²) in [6.07, 6.45) is 16.9. The van der Waals surface area contributed by atoms with Gasteiger partial charge in [0.05, 0.1) is 17.3 Å². The van der Waals surface area contributed by atoms with Crippen LogP contribution in [0.5, 0.6) is 0 Å². The highest BCUT2D eigenvalue weighted by Crippen LogP contribution is 2.65. The number of hydrogen-bond acceptors (Lipinski definition) is 2. The van der Waals surface area contributed by atoms with Gasteiger partial charge in [0.2, 0.25) is 0 Å². The lowest BCUT2D eigenvalue weighted by atomic mass is 9.45. The third kappa shape index (κ3) is 5.22. The van der Waals surface area contributed by atoms with Crippen LogP contribution in [-0.2, 0) is 4.74 Å². The summed E-state index contributed by atoms with van der Waals surface area (Å²) in [5, 5.41) is 11.3. The molecule has 0 spiro atoms. The molecule has 2 heteroatoms. The van der Waals surface area contributed by atoms with Gasteiger partial charge in [-0.05, 0) is 121 Å². The number of aliphatic hydroxyl groups excluding tert-OH is 1. The van der Waals surface area contributed by atoms with Gasteiger partial charge in [0.1, 0.15) is 0 Å². The molecule has 2 aliphatic carbocycles. The van der Waals surface area contributed by atoms with Gasteiger partial charge in [-0.25, -0.2) is 0 Å². The van der Waals surface area contributed by atoms with E-state index in [-0.39, 0.29) is 11.7 Å². The van der Waals surface area contributed by atoms with E-state index in [0.29, 0.717) is 16.7 Å². The number of hydrogen-bond donors (Lipinski definition) is 1. The van der Waals surface area contributed by atoms with Gasteiger partial charge < -0.3 is 9.84 Å². The number of ether oxygens (including phenoxy) is 1. The average molecular weight is 445 g/mol. The summed E-state index contributed by atoms with van der Waals surface area (Å²) in [6.45, 7) is 18.7. The zero-order valence-corrected chi connectivity index (χ0v) is 22.5. The molecule has 0 bridgehead atoms. The smallest absolute Gasteiger partial charge is 0.0922 e. The fourth-order valence-electron chi connectivity index (χ4n) is 8.11. The van der Waals surface area contributed by atoms with Crippen LogP contribution in [0, 0.1) is 22.7 Å². The molecule has 184 valence electrons. The highest BCUT2D eigenvalue weighted by Gasteiger charge is 2.61. The Balaban J connectivity index is 1.73. The van der Waals surface area contributed by atoms with Crippen molar-refractivity contribution < 1.29 is 9.84 Å². The van der Waals surface area contributed by atoms with Gasteiger partial charge in [-0.2, -0.15) is 0 Å². The van der Waals surface area contributed by atoms with Crippen LogP contribution in [0.3, 0.4) is 0 Å². The van der Waals surface area contributed by atoms with E-state index in [0.717, 1.165) is 50.9 Å². The zero-order chi connectivity index (χ0) is 23.8. The van der Waals surface area contributed by atoms with Gasteiger partial charge in [0.15, 0.2) is 0 Å². The second-order valence-corrected chi connectivity index (χ2v) is 13.2. The largest absolute Gasteiger partial charge is 0.390 e. The van der Waals surface area contributed by atoms with Crippen molar-refractivity contribution in [3.63, 3.8) is 0 Å². The molecule has 0 radical (unpaired) electrons. The second kappa shape index (κ2) is 9.57. The minimum Gasteiger partial charge on any atom is -0.390 e. The van der Waals surface area contributed by atoms with Crippen LogP contribution in [0.15, 0.2) is 23.3 Å². The van der Waals surface area contributed by atoms with Crippen LogP contribution in [-0.4, -0.2) is 22.4 Å². The van der Waals surface area contributed by atoms with Crippen LogP contribution < -0.4 is 0 Å². The van der Waals surface area contributed by atoms with Crippen LogP contribution >= 0.6 is 0 Å². The summed E-state index contributed by atoms with van der Waals surface area (Å²) in [7, 11) is 0. The lowest BCUT2D eigenvalue weighted by Crippen LogP contribution is -2.59. The molecule has 6 atom stereocenters. The first-order valence-electron chi connectivity index (χ1n) is 13.5. The molecule has 2 saturated carbocycles. The molecular formula is C30H52O2. The number of allylic oxidation sites excluding steroid dienone is 4. The Hall–Kier alpha value is -0.600. The fraction of sp³-hybridized carbons (Fsp3) is 0.867. The Bertz CT molecular complexity index is 714. The van der Waals surface area contributed by atoms with Crippen molar-refractivity contribution >= 4 is 0 Å². The molecule has 0 unspecified atom stereocenters. The van der Waals surface area contributed by atoms with Crippen molar-refractivity contribution in [1.29, 1.82) is 0 Å². The van der Waals surface area contributed by atoms with E-state index in [1.165, 1.54) is 36.8 Å². The van der Waals surface area contributed by atoms with Crippen molar-refractivity contribution in [3.05, 3.63) is 23.3 Å². The summed E-state index contributed by atoms with van der Waals surface area (Å²) in [5.41, 5.74) is 3.04. The molecule has 0 aromatic carbocycles. The van der Waals surface area contributed by atoms with Crippen LogP contribution in [0.2, 0.25) is 0 Å². The minimum absolute atomic E-state index is 0.118. The van der Waals surface area contributed by atoms with E-state index < -0.39 is 5.60 Å². The first-order chi connectivity index (χ1) is 14.8. The average Bonchev–Trinajstić information content (AvgIpc) is 2.75. The Morgan fingerprint density at radius 3 is 2.28 bits per heavy atom. The van der Waals surface area contributed by atoms with Crippen molar-refractivity contribution in [3.8, 4) is 0 Å². The lowest BCUT2D eigenvalue weighted by molar-refractivity contribution is -0.241. The molecular weight excluding hydrogens is 392 g/mol. The maximum Gasteiger partial charge on any atom is 0.0922 e. The summed E-state index contributed by atoms with van der Waals surface area (Å²) >= 11 is 0. The van der Waals surface area contributed by atoms with Gasteiger partial charge in [-0.15, -0.1) is 0 Å². The SMILES string of the molecule is CC(C)=CCC/C(C)=C/CC[C@@]1(C)O[C@]2(C)CC[C@H]3C(C)(C)CCC[C@]3(C)[C@H]2CC[C@H]1O. The van der Waals surface area contributed by atoms with Crippen LogP contribution in [0.1, 0.15) is 126 Å². The number of rotatable bonds is 6. The Labute approximate surface area is 199 Å². The first kappa shape index (κ1) is 26.0. The molecule has 1 saturated heterocycles. The lowest BCUT2D eigenvalue weighted by Gasteiger charge is -2.62. The molecule has 1 N–H and O–H groups in total. The third-order valence-electron chi connectivity index (χ3n) is 9.86. The number of aliphatic hydroxyl groups is 1. The molecule has 3 fully saturated rings. The predicted molar refractivity (Wildman–Crippen MR) is 137 cm³/mol. The van der Waals surface area contributed by atoms with E-state index in [1.807, 2.05) is 0 Å². The molecule has 2 nitrogen and oxygen atoms in total. The van der Waals surface area contributed by atoms with E-state index in [1.54, 1.807) is 0 Å². The van der Waals surface area contributed by atoms with Crippen LogP contribution in [0.25, 0.3) is 0 Å². The summed E-state index contributed by atoms with van der Waals surface area (Å²) in [6, 6.07) is 0. The molecule has 3 rings (SSSR count). The topological polar surface area (TPSA) is 29.5 Å². The van der Waals surface area contributed by atoms with E-state index in [2.05, 4.69) is 67.5 Å². The molecule has 1 heterocycles. The van der Waals surface area contributed by atoms with Crippen molar-refractivity contribution in [2.45, 2.75) is 143 Å². The normalized spacial score (nSPS) is 41.9. The highest BCUT2D eigenvalue weighted by molar-refractivity contribution is 5.11. The molecule has 0 aromatic heterocycles. The molecule has 0 aromatic rings. The monoisotopic (exact) mass is 444 g/mol. The first-order valence-corrected chi connectivity index (χ1v) is 13.5. The van der Waals surface area contributed by atoms with Crippen molar-refractivity contribution in [1.82, 2.24) is 0 Å². The van der Waals surface area contributed by atoms with Crippen molar-refractivity contribution in [2.24, 2.45) is 22.7 Å². The summed E-state index contributed by atoms with van der Waals surface area (Å²) in [4.78, 5) is 0. The van der Waals surface area contributed by atoms with Crippen molar-refractivity contribution in [2.75, 3.05) is 0 Å². The van der Waals surface area contributed by atoms with Gasteiger partial charge >= 0.3 is 0 Å². The molecule has 1 aliphatic heterocycles. The summed E-state index contributed by atoms with van der Waals surface area (Å²) < 4.78 is 7.09. The van der Waals surface area contributed by atoms with Crippen LogP contribution in [0.4, 0.5) is 0 Å². The van der Waals surface area contributed by atoms with E-state index in [4.69, 9.17) is 4.74 Å². The predicted octanol–water partition coefficient (Wildman–Crippen LogP) is 8.39. The zero-order valence-electron chi connectivity index (χ0n) is 22.5. The molecule has 32 heavy (non-hydrogen) atoms. The minimum atomic E-state index is -0.451. The van der Waals surface area contributed by atoms with Gasteiger partial charge in [0, 0.05) is 0 Å². The standard InChI is InChI=1S/C30H52O2/c1-22(2)12-9-13-23(3)14-10-20-30(8)26(31)16-15-25-28(6)19-11-18-27(4,5)24(28)17-21-29(25,7)32-30/h12,14,24-26,31H,9-11,13,15-21H2,1-8H3/b23-14+/t24-,25+,26+,28-,29+,30+/m0/s1. The Kier molecular flexibility index (Phi) is 7.78.